The van der Waals surface area contributed by atoms with E-state index in [0.29, 0.717) is 22.3 Å². The zero-order valence-corrected chi connectivity index (χ0v) is 15.5. The average molecular weight is 376 g/mol. The van der Waals surface area contributed by atoms with Gasteiger partial charge in [-0.05, 0) is 47.5 Å². The van der Waals surface area contributed by atoms with Crippen molar-refractivity contribution in [3.05, 3.63) is 119 Å². The lowest BCUT2D eigenvalue weighted by Crippen LogP contribution is -2.20. The van der Waals surface area contributed by atoms with E-state index in [1.165, 1.54) is 0 Å². The molecule has 0 atom stereocenters. The van der Waals surface area contributed by atoms with Crippen molar-refractivity contribution < 1.29 is 14.3 Å². The fourth-order valence-electron chi connectivity index (χ4n) is 3.62. The van der Waals surface area contributed by atoms with Crippen LogP contribution in [0.25, 0.3) is 11.1 Å². The Balaban J connectivity index is 1.47. The van der Waals surface area contributed by atoms with Crippen LogP contribution in [0.2, 0.25) is 0 Å². The Kier molecular flexibility index (Phi) is 4.07. The van der Waals surface area contributed by atoms with Gasteiger partial charge in [-0.3, -0.25) is 9.59 Å². The van der Waals surface area contributed by atoms with Crippen LogP contribution in [0.1, 0.15) is 31.8 Å². The number of carbonyl (C=O) groups excluding carboxylic acids is 2. The number of carbonyl (C=O) groups is 2. The van der Waals surface area contributed by atoms with Crippen LogP contribution in [0.5, 0.6) is 11.5 Å². The molecule has 0 bridgehead atoms. The summed E-state index contributed by atoms with van der Waals surface area (Å²) in [6.07, 6.45) is 0. The molecule has 3 heteroatoms. The maximum Gasteiger partial charge on any atom is 0.194 e. The number of ketones is 2. The van der Waals surface area contributed by atoms with Crippen molar-refractivity contribution >= 4 is 11.6 Å². The fourth-order valence-corrected chi connectivity index (χ4v) is 3.62. The molecule has 1 aliphatic carbocycles. The third-order valence-electron chi connectivity index (χ3n) is 5.09. The first-order valence-corrected chi connectivity index (χ1v) is 9.36. The molecule has 0 aliphatic heterocycles. The van der Waals surface area contributed by atoms with Crippen molar-refractivity contribution in [2.75, 3.05) is 0 Å². The molecule has 4 aromatic carbocycles. The first-order valence-electron chi connectivity index (χ1n) is 9.36. The Morgan fingerprint density at radius 3 is 1.66 bits per heavy atom. The second-order valence-corrected chi connectivity index (χ2v) is 6.90. The van der Waals surface area contributed by atoms with E-state index >= 15 is 0 Å². The quantitative estimate of drug-likeness (QED) is 0.392. The van der Waals surface area contributed by atoms with Crippen LogP contribution in [-0.2, 0) is 0 Å². The molecule has 5 rings (SSSR count). The predicted molar refractivity (Wildman–Crippen MR) is 112 cm³/mol. The topological polar surface area (TPSA) is 43.4 Å². The first-order chi connectivity index (χ1) is 14.2. The second kappa shape index (κ2) is 6.88. The SMILES string of the molecule is O=C1c2ccccc2C(=O)c2cc(-c3ccc(Oc4ccccc4)cc3)ccc21. The van der Waals surface area contributed by atoms with Crippen LogP contribution in [-0.4, -0.2) is 11.6 Å². The lowest BCUT2D eigenvalue weighted by molar-refractivity contribution is 0.0979. The highest BCUT2D eigenvalue weighted by Crippen LogP contribution is 2.32. The van der Waals surface area contributed by atoms with Gasteiger partial charge in [0.15, 0.2) is 11.6 Å². The van der Waals surface area contributed by atoms with E-state index in [1.54, 1.807) is 36.4 Å². The Hall–Kier alpha value is -3.98. The second-order valence-electron chi connectivity index (χ2n) is 6.90. The van der Waals surface area contributed by atoms with Gasteiger partial charge < -0.3 is 4.74 Å². The summed E-state index contributed by atoms with van der Waals surface area (Å²) in [5.41, 5.74) is 3.69. The smallest absolute Gasteiger partial charge is 0.194 e. The van der Waals surface area contributed by atoms with E-state index in [9.17, 15) is 9.59 Å². The minimum Gasteiger partial charge on any atom is -0.457 e. The zero-order chi connectivity index (χ0) is 19.8. The molecule has 29 heavy (non-hydrogen) atoms. The fraction of sp³-hybridized carbons (Fsp3) is 0. The minimum atomic E-state index is -0.110. The van der Waals surface area contributed by atoms with Crippen molar-refractivity contribution in [3.8, 4) is 22.6 Å². The van der Waals surface area contributed by atoms with E-state index in [2.05, 4.69) is 0 Å². The van der Waals surface area contributed by atoms with Gasteiger partial charge in [-0.1, -0.05) is 60.7 Å². The van der Waals surface area contributed by atoms with E-state index < -0.39 is 0 Å². The zero-order valence-electron chi connectivity index (χ0n) is 15.5. The summed E-state index contributed by atoms with van der Waals surface area (Å²) in [6, 6.07) is 29.7. The lowest BCUT2D eigenvalue weighted by Gasteiger charge is -2.18. The van der Waals surface area contributed by atoms with Crippen molar-refractivity contribution in [1.29, 1.82) is 0 Å². The van der Waals surface area contributed by atoms with Gasteiger partial charge in [0.2, 0.25) is 0 Å². The molecule has 0 radical (unpaired) electrons. The molecule has 3 nitrogen and oxygen atoms in total. The van der Waals surface area contributed by atoms with Crippen LogP contribution in [0.3, 0.4) is 0 Å². The van der Waals surface area contributed by atoms with Crippen LogP contribution in [0.15, 0.2) is 97.1 Å². The van der Waals surface area contributed by atoms with Gasteiger partial charge >= 0.3 is 0 Å². The molecular formula is C26H16O3. The van der Waals surface area contributed by atoms with Crippen LogP contribution in [0, 0.1) is 0 Å². The number of ether oxygens (including phenoxy) is 1. The molecule has 0 heterocycles. The maximum atomic E-state index is 12.9. The normalized spacial score (nSPS) is 12.3. The minimum absolute atomic E-state index is 0.103. The lowest BCUT2D eigenvalue weighted by atomic mass is 9.83. The van der Waals surface area contributed by atoms with Crippen molar-refractivity contribution in [3.63, 3.8) is 0 Å². The Labute approximate surface area is 168 Å². The number of hydrogen-bond acceptors (Lipinski definition) is 3. The largest absolute Gasteiger partial charge is 0.457 e. The standard InChI is InChI=1S/C26H16O3/c27-25-21-8-4-5-9-22(21)26(28)24-16-18(12-15-23(24)25)17-10-13-20(14-11-17)29-19-6-2-1-3-7-19/h1-16H. The summed E-state index contributed by atoms with van der Waals surface area (Å²) in [5.74, 6) is 1.30. The molecule has 0 saturated carbocycles. The van der Waals surface area contributed by atoms with Crippen LogP contribution >= 0.6 is 0 Å². The highest BCUT2D eigenvalue weighted by molar-refractivity contribution is 6.28. The summed E-state index contributed by atoms with van der Waals surface area (Å²) >= 11 is 0. The molecule has 138 valence electrons. The van der Waals surface area contributed by atoms with Crippen LogP contribution in [0.4, 0.5) is 0 Å². The monoisotopic (exact) mass is 376 g/mol. The number of benzene rings is 4. The third-order valence-corrected chi connectivity index (χ3v) is 5.09. The molecular weight excluding hydrogens is 360 g/mol. The molecule has 0 amide bonds. The summed E-state index contributed by atoms with van der Waals surface area (Å²) < 4.78 is 5.83. The number of hydrogen-bond donors (Lipinski definition) is 0. The van der Waals surface area contributed by atoms with Crippen LogP contribution < -0.4 is 4.74 Å². The van der Waals surface area contributed by atoms with E-state index in [4.69, 9.17) is 4.74 Å². The van der Waals surface area contributed by atoms with E-state index in [0.717, 1.165) is 22.6 Å². The number of fused-ring (bicyclic) bond motifs is 2. The van der Waals surface area contributed by atoms with Gasteiger partial charge in [-0.25, -0.2) is 0 Å². The molecule has 0 N–H and O–H groups in total. The number of rotatable bonds is 3. The Morgan fingerprint density at radius 2 is 0.966 bits per heavy atom. The summed E-state index contributed by atoms with van der Waals surface area (Å²) in [4.78, 5) is 25.7. The van der Waals surface area contributed by atoms with E-state index in [1.807, 2.05) is 60.7 Å². The molecule has 4 aromatic rings. The van der Waals surface area contributed by atoms with Gasteiger partial charge in [0, 0.05) is 22.3 Å². The van der Waals surface area contributed by atoms with Gasteiger partial charge in [0.1, 0.15) is 11.5 Å². The third kappa shape index (κ3) is 3.03. The van der Waals surface area contributed by atoms with Gasteiger partial charge in [0.25, 0.3) is 0 Å². The summed E-state index contributed by atoms with van der Waals surface area (Å²) in [5, 5.41) is 0. The molecule has 0 fully saturated rings. The Bertz CT molecular complexity index is 1240. The molecule has 1 aliphatic rings. The van der Waals surface area contributed by atoms with Gasteiger partial charge in [-0.2, -0.15) is 0 Å². The van der Waals surface area contributed by atoms with E-state index in [-0.39, 0.29) is 11.6 Å². The summed E-state index contributed by atoms with van der Waals surface area (Å²) in [7, 11) is 0. The summed E-state index contributed by atoms with van der Waals surface area (Å²) in [6.45, 7) is 0. The highest BCUT2D eigenvalue weighted by Gasteiger charge is 2.29. The van der Waals surface area contributed by atoms with Crippen molar-refractivity contribution in [1.82, 2.24) is 0 Å². The first kappa shape index (κ1) is 17.1. The molecule has 0 unspecified atom stereocenters. The van der Waals surface area contributed by atoms with Gasteiger partial charge in [0.05, 0.1) is 0 Å². The van der Waals surface area contributed by atoms with Gasteiger partial charge in [-0.15, -0.1) is 0 Å². The molecule has 0 aromatic heterocycles. The average Bonchev–Trinajstić information content (AvgIpc) is 2.78. The Morgan fingerprint density at radius 1 is 0.448 bits per heavy atom. The molecule has 0 saturated heterocycles. The number of para-hydroxylation sites is 1. The van der Waals surface area contributed by atoms with Crippen molar-refractivity contribution in [2.45, 2.75) is 0 Å². The maximum absolute atomic E-state index is 12.9. The highest BCUT2D eigenvalue weighted by atomic mass is 16.5. The van der Waals surface area contributed by atoms with Crippen molar-refractivity contribution in [2.24, 2.45) is 0 Å². The molecule has 0 spiro atoms. The predicted octanol–water partition coefficient (Wildman–Crippen LogP) is 5.92.